The first-order chi connectivity index (χ1) is 9.20. The van der Waals surface area contributed by atoms with Gasteiger partial charge in [-0.15, -0.1) is 0 Å². The Morgan fingerprint density at radius 2 is 1.75 bits per heavy atom. The number of benzene rings is 1. The van der Waals surface area contributed by atoms with Gasteiger partial charge in [0.25, 0.3) is 0 Å². The fraction of sp³-hybridized carbons (Fsp3) is 0.412. The Bertz CT molecular complexity index is 604. The molecular formula is C17H20N2O. The van der Waals surface area contributed by atoms with Gasteiger partial charge in [-0.25, -0.2) is 0 Å². The fourth-order valence-electron chi connectivity index (χ4n) is 2.03. The summed E-state index contributed by atoms with van der Waals surface area (Å²) in [4.78, 5) is 0. The summed E-state index contributed by atoms with van der Waals surface area (Å²) in [6, 6.07) is 7.40. The second-order valence-corrected chi connectivity index (χ2v) is 6.19. The average Bonchev–Trinajstić information content (AvgIpc) is 2.35. The van der Waals surface area contributed by atoms with Crippen molar-refractivity contribution in [2.75, 3.05) is 0 Å². The molecule has 1 aromatic carbocycles. The lowest BCUT2D eigenvalue weighted by molar-refractivity contribution is 0.437. The van der Waals surface area contributed by atoms with Crippen molar-refractivity contribution in [1.82, 2.24) is 0 Å². The Balaban J connectivity index is 3.59. The standard InChI is InChI=1S/C17H20N2O/c1-11(2)14-7-12(6-13(9-18)10-19)8-15(16(14)20)17(3,4)5/h6-8,11,20H,1-5H3. The number of hydrogen-bond donors (Lipinski definition) is 1. The normalized spacial score (nSPS) is 10.8. The number of hydrogen-bond acceptors (Lipinski definition) is 3. The van der Waals surface area contributed by atoms with Gasteiger partial charge in [-0.05, 0) is 40.7 Å². The summed E-state index contributed by atoms with van der Waals surface area (Å²) in [5, 5.41) is 28.1. The van der Waals surface area contributed by atoms with E-state index in [4.69, 9.17) is 10.5 Å². The molecule has 3 nitrogen and oxygen atoms in total. The highest BCUT2D eigenvalue weighted by molar-refractivity contribution is 5.65. The predicted molar refractivity (Wildman–Crippen MR) is 80.1 cm³/mol. The van der Waals surface area contributed by atoms with Crippen molar-refractivity contribution >= 4 is 6.08 Å². The van der Waals surface area contributed by atoms with Crippen LogP contribution in [-0.4, -0.2) is 5.11 Å². The molecule has 3 heteroatoms. The topological polar surface area (TPSA) is 67.8 Å². The van der Waals surface area contributed by atoms with Crippen molar-refractivity contribution in [3.8, 4) is 17.9 Å². The number of nitriles is 2. The highest BCUT2D eigenvalue weighted by Crippen LogP contribution is 2.37. The molecule has 0 bridgehead atoms. The molecule has 1 rings (SSSR count). The highest BCUT2D eigenvalue weighted by Gasteiger charge is 2.22. The van der Waals surface area contributed by atoms with Crippen molar-refractivity contribution in [1.29, 1.82) is 10.5 Å². The van der Waals surface area contributed by atoms with Gasteiger partial charge in [0.2, 0.25) is 0 Å². The van der Waals surface area contributed by atoms with E-state index in [-0.39, 0.29) is 16.9 Å². The minimum Gasteiger partial charge on any atom is -0.507 e. The molecule has 0 radical (unpaired) electrons. The summed E-state index contributed by atoms with van der Waals surface area (Å²) in [6.45, 7) is 10.1. The van der Waals surface area contributed by atoms with Gasteiger partial charge >= 0.3 is 0 Å². The van der Waals surface area contributed by atoms with Gasteiger partial charge in [0, 0.05) is 5.56 Å². The first-order valence-electron chi connectivity index (χ1n) is 6.60. The summed E-state index contributed by atoms with van der Waals surface area (Å²) in [5.41, 5.74) is 2.28. The monoisotopic (exact) mass is 268 g/mol. The Morgan fingerprint density at radius 1 is 1.20 bits per heavy atom. The van der Waals surface area contributed by atoms with Crippen LogP contribution in [0.5, 0.6) is 5.75 Å². The summed E-state index contributed by atoms with van der Waals surface area (Å²) in [5.74, 6) is 0.470. The van der Waals surface area contributed by atoms with Gasteiger partial charge < -0.3 is 5.11 Å². The molecule has 0 saturated carbocycles. The van der Waals surface area contributed by atoms with Crippen LogP contribution < -0.4 is 0 Å². The summed E-state index contributed by atoms with van der Waals surface area (Å²) >= 11 is 0. The van der Waals surface area contributed by atoms with Gasteiger partial charge in [0.15, 0.2) is 0 Å². The molecule has 0 aliphatic carbocycles. The maximum atomic E-state index is 10.4. The van der Waals surface area contributed by atoms with Crippen molar-refractivity contribution in [3.05, 3.63) is 34.4 Å². The van der Waals surface area contributed by atoms with Crippen LogP contribution in [0.4, 0.5) is 0 Å². The Labute approximate surface area is 120 Å². The highest BCUT2D eigenvalue weighted by atomic mass is 16.3. The molecule has 0 amide bonds. The van der Waals surface area contributed by atoms with E-state index < -0.39 is 0 Å². The number of aromatic hydroxyl groups is 1. The minimum absolute atomic E-state index is 0.0604. The molecule has 0 aromatic heterocycles. The second-order valence-electron chi connectivity index (χ2n) is 6.19. The van der Waals surface area contributed by atoms with E-state index in [0.717, 1.165) is 16.7 Å². The van der Waals surface area contributed by atoms with Gasteiger partial charge in [-0.2, -0.15) is 10.5 Å². The predicted octanol–water partition coefficient (Wildman–Crippen LogP) is 4.24. The zero-order valence-corrected chi connectivity index (χ0v) is 12.7. The van der Waals surface area contributed by atoms with Crippen molar-refractivity contribution in [3.63, 3.8) is 0 Å². The third-order valence-electron chi connectivity index (χ3n) is 3.14. The van der Waals surface area contributed by atoms with Crippen LogP contribution in [0.25, 0.3) is 6.08 Å². The largest absolute Gasteiger partial charge is 0.507 e. The molecule has 104 valence electrons. The third kappa shape index (κ3) is 3.39. The fourth-order valence-corrected chi connectivity index (χ4v) is 2.03. The van der Waals surface area contributed by atoms with Crippen molar-refractivity contribution < 1.29 is 5.11 Å². The molecule has 0 atom stereocenters. The lowest BCUT2D eigenvalue weighted by Crippen LogP contribution is -2.13. The average molecular weight is 268 g/mol. The molecule has 0 aliphatic rings. The molecule has 20 heavy (non-hydrogen) atoms. The van der Waals surface area contributed by atoms with E-state index in [2.05, 4.69) is 0 Å². The molecule has 0 spiro atoms. The molecular weight excluding hydrogens is 248 g/mol. The van der Waals surface area contributed by atoms with Crippen LogP contribution in [0, 0.1) is 22.7 Å². The van der Waals surface area contributed by atoms with Crippen LogP contribution in [0.15, 0.2) is 17.7 Å². The maximum absolute atomic E-state index is 10.4. The van der Waals surface area contributed by atoms with Gasteiger partial charge in [0.1, 0.15) is 23.5 Å². The van der Waals surface area contributed by atoms with Crippen molar-refractivity contribution in [2.24, 2.45) is 0 Å². The zero-order chi connectivity index (χ0) is 15.5. The summed E-state index contributed by atoms with van der Waals surface area (Å²) < 4.78 is 0. The van der Waals surface area contributed by atoms with E-state index in [9.17, 15) is 5.11 Å². The summed E-state index contributed by atoms with van der Waals surface area (Å²) in [6.07, 6.45) is 1.56. The van der Waals surface area contributed by atoms with E-state index in [1.165, 1.54) is 0 Å². The van der Waals surface area contributed by atoms with Crippen LogP contribution in [0.2, 0.25) is 0 Å². The SMILES string of the molecule is CC(C)c1cc(C=C(C#N)C#N)cc(C(C)(C)C)c1O. The maximum Gasteiger partial charge on any atom is 0.130 e. The molecule has 0 fully saturated rings. The molecule has 0 heterocycles. The van der Waals surface area contributed by atoms with Crippen LogP contribution in [0.1, 0.15) is 57.2 Å². The van der Waals surface area contributed by atoms with Crippen LogP contribution in [0.3, 0.4) is 0 Å². The number of allylic oxidation sites excluding steroid dienone is 1. The van der Waals surface area contributed by atoms with Crippen LogP contribution >= 0.6 is 0 Å². The summed E-state index contributed by atoms with van der Waals surface area (Å²) in [7, 11) is 0. The van der Waals surface area contributed by atoms with Gasteiger partial charge in [0.05, 0.1) is 0 Å². The van der Waals surface area contributed by atoms with Gasteiger partial charge in [-0.1, -0.05) is 34.6 Å². The van der Waals surface area contributed by atoms with Gasteiger partial charge in [-0.3, -0.25) is 0 Å². The molecule has 0 unspecified atom stereocenters. The first kappa shape index (κ1) is 15.8. The molecule has 1 aromatic rings. The van der Waals surface area contributed by atoms with E-state index in [0.29, 0.717) is 5.75 Å². The van der Waals surface area contributed by atoms with E-state index in [1.54, 1.807) is 6.08 Å². The van der Waals surface area contributed by atoms with E-state index in [1.807, 2.05) is 58.9 Å². The quantitative estimate of drug-likeness (QED) is 0.815. The lowest BCUT2D eigenvalue weighted by atomic mass is 9.82. The van der Waals surface area contributed by atoms with Crippen molar-refractivity contribution in [2.45, 2.75) is 46.0 Å². The smallest absolute Gasteiger partial charge is 0.130 e. The molecule has 1 N–H and O–H groups in total. The first-order valence-corrected chi connectivity index (χ1v) is 6.60. The third-order valence-corrected chi connectivity index (χ3v) is 3.14. The van der Waals surface area contributed by atoms with E-state index >= 15 is 0 Å². The Hall–Kier alpha value is -2.26. The molecule has 0 aliphatic heterocycles. The number of nitrogens with zero attached hydrogens (tertiary/aromatic N) is 2. The lowest BCUT2D eigenvalue weighted by Gasteiger charge is -2.24. The number of rotatable bonds is 2. The minimum atomic E-state index is -0.211. The second kappa shape index (κ2) is 5.80. The number of phenols is 1. The Kier molecular flexibility index (Phi) is 4.58. The molecule has 0 saturated heterocycles. The zero-order valence-electron chi connectivity index (χ0n) is 12.7. The Morgan fingerprint density at radius 3 is 2.15 bits per heavy atom. The number of phenolic OH excluding ortho intramolecular Hbond substituents is 1. The van der Waals surface area contributed by atoms with Crippen LogP contribution in [-0.2, 0) is 5.41 Å².